The maximum absolute atomic E-state index is 12.2. The van der Waals surface area contributed by atoms with E-state index in [1.807, 2.05) is 25.1 Å². The SMILES string of the molecule is CCCC(=O)N(Cc1ccccc1Cl)[C@H](C)C(=O)NC. The summed E-state index contributed by atoms with van der Waals surface area (Å²) in [5, 5.41) is 3.18. The van der Waals surface area contributed by atoms with Gasteiger partial charge in [-0.25, -0.2) is 0 Å². The summed E-state index contributed by atoms with van der Waals surface area (Å²) in [7, 11) is 1.57. The van der Waals surface area contributed by atoms with E-state index in [1.54, 1.807) is 24.9 Å². The van der Waals surface area contributed by atoms with E-state index < -0.39 is 6.04 Å². The highest BCUT2D eigenvalue weighted by Crippen LogP contribution is 2.19. The molecule has 1 atom stereocenters. The number of amides is 2. The van der Waals surface area contributed by atoms with Crippen LogP contribution in [0.5, 0.6) is 0 Å². The van der Waals surface area contributed by atoms with E-state index in [2.05, 4.69) is 5.32 Å². The van der Waals surface area contributed by atoms with Gasteiger partial charge in [0.15, 0.2) is 0 Å². The van der Waals surface area contributed by atoms with Crippen molar-refractivity contribution in [1.82, 2.24) is 10.2 Å². The van der Waals surface area contributed by atoms with Crippen molar-refractivity contribution in [3.63, 3.8) is 0 Å². The van der Waals surface area contributed by atoms with Crippen LogP contribution in [0, 0.1) is 0 Å². The Hall–Kier alpha value is -1.55. The summed E-state index contributed by atoms with van der Waals surface area (Å²) in [6, 6.07) is 6.84. The smallest absolute Gasteiger partial charge is 0.242 e. The van der Waals surface area contributed by atoms with E-state index in [1.165, 1.54) is 0 Å². The number of rotatable bonds is 6. The summed E-state index contributed by atoms with van der Waals surface area (Å²) >= 11 is 6.13. The van der Waals surface area contributed by atoms with E-state index in [0.717, 1.165) is 12.0 Å². The average molecular weight is 297 g/mol. The molecule has 0 aliphatic carbocycles. The first-order valence-corrected chi connectivity index (χ1v) is 7.13. The number of halogens is 1. The second-order valence-corrected chi connectivity index (χ2v) is 5.06. The molecule has 20 heavy (non-hydrogen) atoms. The molecule has 0 bridgehead atoms. The molecule has 0 aromatic heterocycles. The first-order valence-electron chi connectivity index (χ1n) is 6.75. The van der Waals surface area contributed by atoms with Gasteiger partial charge >= 0.3 is 0 Å². The third-order valence-corrected chi connectivity index (χ3v) is 3.54. The minimum absolute atomic E-state index is 0.0384. The molecular formula is C15H21ClN2O2. The van der Waals surface area contributed by atoms with Crippen LogP contribution in [0.25, 0.3) is 0 Å². The minimum atomic E-state index is -0.518. The minimum Gasteiger partial charge on any atom is -0.357 e. The third-order valence-electron chi connectivity index (χ3n) is 3.18. The van der Waals surface area contributed by atoms with E-state index in [4.69, 9.17) is 11.6 Å². The van der Waals surface area contributed by atoms with Gasteiger partial charge in [0.1, 0.15) is 6.04 Å². The monoisotopic (exact) mass is 296 g/mol. The second-order valence-electron chi connectivity index (χ2n) is 4.65. The van der Waals surface area contributed by atoms with Crippen molar-refractivity contribution >= 4 is 23.4 Å². The standard InChI is InChI=1S/C15H21ClN2O2/c1-4-7-14(19)18(11(2)15(20)17-3)10-12-8-5-6-9-13(12)16/h5-6,8-9,11H,4,7,10H2,1-3H3,(H,17,20)/t11-/m1/s1. The Morgan fingerprint density at radius 3 is 2.55 bits per heavy atom. The molecule has 0 fully saturated rings. The van der Waals surface area contributed by atoms with Crippen LogP contribution in [0.1, 0.15) is 32.3 Å². The number of carbonyl (C=O) groups is 2. The van der Waals surface area contributed by atoms with Crippen molar-refractivity contribution in [2.45, 2.75) is 39.3 Å². The fourth-order valence-corrected chi connectivity index (χ4v) is 2.15. The maximum Gasteiger partial charge on any atom is 0.242 e. The van der Waals surface area contributed by atoms with Crippen LogP contribution in [0.3, 0.4) is 0 Å². The molecule has 0 saturated heterocycles. The fraction of sp³-hybridized carbons (Fsp3) is 0.467. The van der Waals surface area contributed by atoms with Crippen molar-refractivity contribution in [1.29, 1.82) is 0 Å². The Kier molecular flexibility index (Phi) is 6.52. The predicted molar refractivity (Wildman–Crippen MR) is 80.4 cm³/mol. The summed E-state index contributed by atoms with van der Waals surface area (Å²) in [5.74, 6) is -0.218. The van der Waals surface area contributed by atoms with Gasteiger partial charge in [-0.3, -0.25) is 9.59 Å². The molecular weight excluding hydrogens is 276 g/mol. The highest BCUT2D eigenvalue weighted by Gasteiger charge is 2.25. The van der Waals surface area contributed by atoms with E-state index in [9.17, 15) is 9.59 Å². The molecule has 1 aromatic carbocycles. The quantitative estimate of drug-likeness (QED) is 0.877. The van der Waals surface area contributed by atoms with Gasteiger partial charge in [0.25, 0.3) is 0 Å². The van der Waals surface area contributed by atoms with Gasteiger partial charge in [-0.15, -0.1) is 0 Å². The first kappa shape index (κ1) is 16.5. The molecule has 0 spiro atoms. The molecule has 1 rings (SSSR count). The largest absolute Gasteiger partial charge is 0.357 e. The molecule has 110 valence electrons. The second kappa shape index (κ2) is 7.90. The normalized spacial score (nSPS) is 11.8. The lowest BCUT2D eigenvalue weighted by atomic mass is 10.1. The molecule has 0 radical (unpaired) electrons. The molecule has 0 aliphatic rings. The third kappa shape index (κ3) is 4.23. The van der Waals surface area contributed by atoms with E-state index >= 15 is 0 Å². The number of likely N-dealkylation sites (N-methyl/N-ethyl adjacent to an activating group) is 1. The molecule has 5 heteroatoms. The lowest BCUT2D eigenvalue weighted by Crippen LogP contribution is -2.46. The Bertz CT molecular complexity index is 477. The van der Waals surface area contributed by atoms with Crippen LogP contribution in [-0.2, 0) is 16.1 Å². The molecule has 4 nitrogen and oxygen atoms in total. The Morgan fingerprint density at radius 2 is 2.00 bits per heavy atom. The average Bonchev–Trinajstić information content (AvgIpc) is 2.45. The molecule has 0 saturated carbocycles. The summed E-state index contributed by atoms with van der Waals surface area (Å²) in [5.41, 5.74) is 0.842. The number of hydrogen-bond donors (Lipinski definition) is 1. The van der Waals surface area contributed by atoms with Gasteiger partial charge in [-0.05, 0) is 25.0 Å². The Labute approximate surface area is 125 Å². The van der Waals surface area contributed by atoms with Crippen LogP contribution in [0.2, 0.25) is 5.02 Å². The number of nitrogens with zero attached hydrogens (tertiary/aromatic N) is 1. The van der Waals surface area contributed by atoms with Gasteiger partial charge < -0.3 is 10.2 Å². The van der Waals surface area contributed by atoms with E-state index in [-0.39, 0.29) is 11.8 Å². The zero-order valence-corrected chi connectivity index (χ0v) is 12.9. The number of carbonyl (C=O) groups excluding carboxylic acids is 2. The van der Waals surface area contributed by atoms with Gasteiger partial charge in [0.2, 0.25) is 11.8 Å². The molecule has 0 aliphatic heterocycles. The van der Waals surface area contributed by atoms with Crippen molar-refractivity contribution in [3.05, 3.63) is 34.9 Å². The Morgan fingerprint density at radius 1 is 1.35 bits per heavy atom. The van der Waals surface area contributed by atoms with Gasteiger partial charge in [-0.1, -0.05) is 36.7 Å². The van der Waals surface area contributed by atoms with Crippen LogP contribution in [0.15, 0.2) is 24.3 Å². The van der Waals surface area contributed by atoms with Crippen LogP contribution >= 0.6 is 11.6 Å². The van der Waals surface area contributed by atoms with Gasteiger partial charge in [-0.2, -0.15) is 0 Å². The lowest BCUT2D eigenvalue weighted by Gasteiger charge is -2.28. The van der Waals surface area contributed by atoms with Crippen molar-refractivity contribution in [3.8, 4) is 0 Å². The molecule has 1 aromatic rings. The summed E-state index contributed by atoms with van der Waals surface area (Å²) in [6.07, 6.45) is 1.17. The van der Waals surface area contributed by atoms with Crippen molar-refractivity contribution < 1.29 is 9.59 Å². The summed E-state index contributed by atoms with van der Waals surface area (Å²) in [6.45, 7) is 4.01. The zero-order chi connectivity index (χ0) is 15.1. The van der Waals surface area contributed by atoms with E-state index in [0.29, 0.717) is 18.0 Å². The highest BCUT2D eigenvalue weighted by atomic mass is 35.5. The maximum atomic E-state index is 12.2. The summed E-state index contributed by atoms with van der Waals surface area (Å²) < 4.78 is 0. The van der Waals surface area contributed by atoms with Crippen molar-refractivity contribution in [2.75, 3.05) is 7.05 Å². The molecule has 1 N–H and O–H groups in total. The first-order chi connectivity index (χ1) is 9.51. The zero-order valence-electron chi connectivity index (χ0n) is 12.1. The van der Waals surface area contributed by atoms with Gasteiger partial charge in [0.05, 0.1) is 0 Å². The topological polar surface area (TPSA) is 49.4 Å². The molecule has 0 heterocycles. The number of nitrogens with one attached hydrogen (secondary N) is 1. The van der Waals surface area contributed by atoms with Crippen molar-refractivity contribution in [2.24, 2.45) is 0 Å². The summed E-state index contributed by atoms with van der Waals surface area (Å²) in [4.78, 5) is 25.6. The number of hydrogen-bond acceptors (Lipinski definition) is 2. The van der Waals surface area contributed by atoms with Crippen LogP contribution < -0.4 is 5.32 Å². The Balaban J connectivity index is 2.96. The molecule has 2 amide bonds. The highest BCUT2D eigenvalue weighted by molar-refractivity contribution is 6.31. The fourth-order valence-electron chi connectivity index (χ4n) is 1.96. The lowest BCUT2D eigenvalue weighted by molar-refractivity contribution is -0.140. The van der Waals surface area contributed by atoms with Crippen LogP contribution in [0.4, 0.5) is 0 Å². The van der Waals surface area contributed by atoms with Gasteiger partial charge in [0, 0.05) is 25.0 Å². The molecule has 0 unspecified atom stereocenters. The predicted octanol–water partition coefficient (Wildman–Crippen LogP) is 2.60. The number of benzene rings is 1. The van der Waals surface area contributed by atoms with Crippen LogP contribution in [-0.4, -0.2) is 29.8 Å².